The third-order valence-electron chi connectivity index (χ3n) is 10.8. The monoisotopic (exact) mass is 1070 g/mol. The van der Waals surface area contributed by atoms with E-state index in [0.29, 0.717) is 25.7 Å². The molecule has 0 aromatic heterocycles. The van der Waals surface area contributed by atoms with E-state index in [0.717, 1.165) is 33.4 Å². The van der Waals surface area contributed by atoms with Crippen LogP contribution in [0.3, 0.4) is 0 Å². The van der Waals surface area contributed by atoms with Crippen LogP contribution < -0.4 is 18.9 Å². The van der Waals surface area contributed by atoms with Gasteiger partial charge in [-0.2, -0.15) is 33.7 Å². The molecular formula is C52H58O16S4. The molecule has 0 fully saturated rings. The van der Waals surface area contributed by atoms with E-state index in [9.17, 15) is 33.7 Å². The Kier molecular flexibility index (Phi) is 19.8. The average molecular weight is 1070 g/mol. The summed E-state index contributed by atoms with van der Waals surface area (Å²) < 4.78 is 147. The average Bonchev–Trinajstić information content (AvgIpc) is 3.34. The second kappa shape index (κ2) is 25.7. The van der Waals surface area contributed by atoms with Crippen LogP contribution in [0.5, 0.6) is 23.0 Å². The molecule has 0 saturated heterocycles. The standard InChI is InChI=1S/C52H58O16S4/c1-39-9-19-45(20-10-39)69(53,54)65-33-29-61-49-27-17-43(37-51(49)63-31-35-67-71(57,58)47-23-13-41(3)14-24-47)7-5-6-8-44-18-28-50(62-30-34-66-70(55,56)46-21-11-40(2)12-22-46)52(38-44)64-32-36-68-72(59,60)48-25-15-42(4)16-26-48/h9-28,37-38H,5-8,29-36H2,1-4H3. The Bertz CT molecular complexity index is 2950. The predicted octanol–water partition coefficient (Wildman–Crippen LogP) is 8.62. The van der Waals surface area contributed by atoms with Gasteiger partial charge in [-0.3, -0.25) is 16.7 Å². The molecule has 0 aliphatic heterocycles. The van der Waals surface area contributed by atoms with Crippen LogP contribution in [0.2, 0.25) is 0 Å². The molecule has 6 aromatic rings. The number of hydrogen-bond donors (Lipinski definition) is 0. The molecule has 0 spiro atoms. The predicted molar refractivity (Wildman–Crippen MR) is 269 cm³/mol. The molecule has 0 saturated carbocycles. The molecule has 0 bridgehead atoms. The molecular weight excluding hydrogens is 1010 g/mol. The summed E-state index contributed by atoms with van der Waals surface area (Å²) in [5.41, 5.74) is 5.35. The first-order chi connectivity index (χ1) is 34.3. The number of ether oxygens (including phenoxy) is 4. The van der Waals surface area contributed by atoms with E-state index in [4.69, 9.17) is 35.7 Å². The fourth-order valence-electron chi connectivity index (χ4n) is 6.81. The van der Waals surface area contributed by atoms with E-state index in [2.05, 4.69) is 0 Å². The van der Waals surface area contributed by atoms with Crippen LogP contribution in [-0.2, 0) is 70.0 Å². The van der Waals surface area contributed by atoms with Crippen LogP contribution in [0.1, 0.15) is 46.2 Å². The molecule has 0 unspecified atom stereocenters. The molecule has 0 heterocycles. The largest absolute Gasteiger partial charge is 0.487 e. The summed E-state index contributed by atoms with van der Waals surface area (Å²) >= 11 is 0. The quantitative estimate of drug-likeness (QED) is 0.0318. The fraction of sp³-hybridized carbons (Fsp3) is 0.308. The number of unbranched alkanes of at least 4 members (excludes halogenated alkanes) is 1. The number of benzene rings is 6. The van der Waals surface area contributed by atoms with Crippen molar-refractivity contribution in [3.8, 4) is 23.0 Å². The maximum atomic E-state index is 12.8. The van der Waals surface area contributed by atoms with Crippen molar-refractivity contribution in [2.45, 2.75) is 73.0 Å². The zero-order valence-corrected chi connectivity index (χ0v) is 43.6. The summed E-state index contributed by atoms with van der Waals surface area (Å²) in [5, 5.41) is 0. The minimum Gasteiger partial charge on any atom is -0.487 e. The minimum absolute atomic E-state index is 0.0133. The molecule has 0 radical (unpaired) electrons. The lowest BCUT2D eigenvalue weighted by Gasteiger charge is -2.15. The second-order valence-electron chi connectivity index (χ2n) is 16.5. The minimum atomic E-state index is -4.04. The van der Waals surface area contributed by atoms with Crippen LogP contribution in [0.4, 0.5) is 0 Å². The van der Waals surface area contributed by atoms with Gasteiger partial charge >= 0.3 is 0 Å². The lowest BCUT2D eigenvalue weighted by atomic mass is 10.0. The summed E-state index contributed by atoms with van der Waals surface area (Å²) in [6.07, 6.45) is 2.65. The number of aryl methyl sites for hydroxylation is 6. The highest BCUT2D eigenvalue weighted by atomic mass is 32.2. The van der Waals surface area contributed by atoms with E-state index in [-0.39, 0.29) is 95.4 Å². The molecule has 0 aliphatic rings. The molecule has 0 N–H and O–H groups in total. The van der Waals surface area contributed by atoms with Crippen LogP contribution in [0.25, 0.3) is 0 Å². The third-order valence-corrected chi connectivity index (χ3v) is 16.1. The zero-order valence-electron chi connectivity index (χ0n) is 40.4. The molecule has 6 rings (SSSR count). The summed E-state index contributed by atoms with van der Waals surface area (Å²) in [6.45, 7) is 5.63. The Morgan fingerprint density at radius 3 is 0.778 bits per heavy atom. The zero-order chi connectivity index (χ0) is 51.8. The first-order valence-corrected chi connectivity index (χ1v) is 28.5. The molecule has 0 aliphatic carbocycles. The van der Waals surface area contributed by atoms with E-state index in [1.165, 1.54) is 48.5 Å². The van der Waals surface area contributed by atoms with Gasteiger partial charge in [-0.05, 0) is 137 Å². The molecule has 20 heteroatoms. The Hall–Kier alpha value is -5.84. The number of hydrogen-bond acceptors (Lipinski definition) is 16. The van der Waals surface area contributed by atoms with Gasteiger partial charge < -0.3 is 18.9 Å². The summed E-state index contributed by atoms with van der Waals surface area (Å²) in [5.74, 6) is 1.14. The van der Waals surface area contributed by atoms with Crippen molar-refractivity contribution in [3.05, 3.63) is 167 Å². The van der Waals surface area contributed by atoms with Gasteiger partial charge in [0, 0.05) is 0 Å². The van der Waals surface area contributed by atoms with Crippen LogP contribution >= 0.6 is 0 Å². The number of rotatable bonds is 29. The van der Waals surface area contributed by atoms with Crippen molar-refractivity contribution in [2.75, 3.05) is 52.9 Å². The van der Waals surface area contributed by atoms with Gasteiger partial charge in [0.25, 0.3) is 40.5 Å². The molecule has 0 atom stereocenters. The fourth-order valence-corrected chi connectivity index (χ4v) is 10.4. The van der Waals surface area contributed by atoms with Gasteiger partial charge in [-0.25, -0.2) is 0 Å². The van der Waals surface area contributed by atoms with Gasteiger partial charge in [0.1, 0.15) is 52.9 Å². The highest BCUT2D eigenvalue weighted by molar-refractivity contribution is 7.87. The van der Waals surface area contributed by atoms with Crippen molar-refractivity contribution in [1.29, 1.82) is 0 Å². The van der Waals surface area contributed by atoms with Crippen LogP contribution in [-0.4, -0.2) is 86.5 Å². The maximum Gasteiger partial charge on any atom is 0.297 e. The first kappa shape index (κ1) is 55.5. The van der Waals surface area contributed by atoms with Crippen LogP contribution in [0, 0.1) is 27.7 Å². The molecule has 16 nitrogen and oxygen atoms in total. The molecule has 0 amide bonds. The van der Waals surface area contributed by atoms with Gasteiger partial charge in [0.05, 0.1) is 19.6 Å². The van der Waals surface area contributed by atoms with E-state index >= 15 is 0 Å². The van der Waals surface area contributed by atoms with Gasteiger partial charge in [-0.1, -0.05) is 82.9 Å². The Morgan fingerprint density at radius 1 is 0.292 bits per heavy atom. The van der Waals surface area contributed by atoms with Crippen molar-refractivity contribution in [1.82, 2.24) is 0 Å². The second-order valence-corrected chi connectivity index (χ2v) is 23.0. The van der Waals surface area contributed by atoms with E-state index in [1.54, 1.807) is 72.8 Å². The van der Waals surface area contributed by atoms with Crippen molar-refractivity contribution in [3.63, 3.8) is 0 Å². The lowest BCUT2D eigenvalue weighted by Crippen LogP contribution is -2.15. The third kappa shape index (κ3) is 16.9. The maximum absolute atomic E-state index is 12.8. The summed E-state index contributed by atoms with van der Waals surface area (Å²) in [7, 11) is -16.1. The van der Waals surface area contributed by atoms with E-state index < -0.39 is 40.5 Å². The van der Waals surface area contributed by atoms with Gasteiger partial charge in [0.2, 0.25) is 0 Å². The molecule has 6 aromatic carbocycles. The van der Waals surface area contributed by atoms with Crippen molar-refractivity contribution in [2.24, 2.45) is 0 Å². The first-order valence-electron chi connectivity index (χ1n) is 22.9. The highest BCUT2D eigenvalue weighted by Crippen LogP contribution is 2.32. The SMILES string of the molecule is Cc1ccc(S(=O)(=O)OCCOc2ccc(CCCCc3ccc(OCCOS(=O)(=O)c4ccc(C)cc4)c(OCCOS(=O)(=O)c4ccc(C)cc4)c3)cc2OCCOS(=O)(=O)c2ccc(C)cc2)cc1. The Labute approximate surface area is 423 Å². The lowest BCUT2D eigenvalue weighted by molar-refractivity contribution is 0.195. The summed E-state index contributed by atoms with van der Waals surface area (Å²) in [6, 6.07) is 35.7. The van der Waals surface area contributed by atoms with E-state index in [1.807, 2.05) is 39.8 Å². The molecule has 386 valence electrons. The highest BCUT2D eigenvalue weighted by Gasteiger charge is 2.20. The topological polar surface area (TPSA) is 210 Å². The van der Waals surface area contributed by atoms with Crippen molar-refractivity contribution >= 4 is 40.5 Å². The van der Waals surface area contributed by atoms with Crippen LogP contribution in [0.15, 0.2) is 153 Å². The smallest absolute Gasteiger partial charge is 0.297 e. The van der Waals surface area contributed by atoms with Crippen molar-refractivity contribution < 1.29 is 69.4 Å². The molecule has 72 heavy (non-hydrogen) atoms. The summed E-state index contributed by atoms with van der Waals surface area (Å²) in [4.78, 5) is 0.0621. The normalized spacial score (nSPS) is 12.1. The van der Waals surface area contributed by atoms with Gasteiger partial charge in [0.15, 0.2) is 23.0 Å². The van der Waals surface area contributed by atoms with Gasteiger partial charge in [-0.15, -0.1) is 0 Å². The Morgan fingerprint density at radius 2 is 0.528 bits per heavy atom. The Balaban J connectivity index is 1.07.